The van der Waals surface area contributed by atoms with Crippen molar-refractivity contribution in [2.45, 2.75) is 39.0 Å². The van der Waals surface area contributed by atoms with Crippen molar-refractivity contribution in [3.8, 4) is 0 Å². The lowest BCUT2D eigenvalue weighted by atomic mass is 10.1. The van der Waals surface area contributed by atoms with E-state index in [0.29, 0.717) is 12.2 Å². The third-order valence-electron chi connectivity index (χ3n) is 3.79. The van der Waals surface area contributed by atoms with Gasteiger partial charge < -0.3 is 4.90 Å². The molecule has 0 radical (unpaired) electrons. The largest absolute Gasteiger partial charge is 0.416 e. The van der Waals surface area contributed by atoms with Gasteiger partial charge in [0.05, 0.1) is 11.1 Å². The van der Waals surface area contributed by atoms with Crippen LogP contribution in [0.4, 0.5) is 37.8 Å². The van der Waals surface area contributed by atoms with Gasteiger partial charge in [0.1, 0.15) is 5.82 Å². The standard InChI is InChI=1S/C18H18F6N2/c1-3-4-7-26(16-6-5-12(2)11-25-16)15-9-13(17(19,20)21)8-14(10-15)18(22,23)24/h5-6,8-11H,3-4,7H2,1-2H3. The molecule has 0 saturated heterocycles. The molecule has 0 amide bonds. The molecule has 1 aromatic carbocycles. The Morgan fingerprint density at radius 3 is 1.92 bits per heavy atom. The third-order valence-corrected chi connectivity index (χ3v) is 3.79. The smallest absolute Gasteiger partial charge is 0.326 e. The average molecular weight is 376 g/mol. The minimum absolute atomic E-state index is 0.129. The number of halogens is 6. The number of pyridine rings is 1. The molecule has 0 atom stereocenters. The summed E-state index contributed by atoms with van der Waals surface area (Å²) in [6.45, 7) is 3.93. The molecule has 0 N–H and O–H groups in total. The van der Waals surface area contributed by atoms with Gasteiger partial charge in [-0.2, -0.15) is 26.3 Å². The summed E-state index contributed by atoms with van der Waals surface area (Å²) in [5, 5.41) is 0. The van der Waals surface area contributed by atoms with Crippen LogP contribution in [0, 0.1) is 6.92 Å². The fraction of sp³-hybridized carbons (Fsp3) is 0.389. The zero-order valence-electron chi connectivity index (χ0n) is 14.2. The predicted molar refractivity (Wildman–Crippen MR) is 87.3 cm³/mol. The van der Waals surface area contributed by atoms with E-state index < -0.39 is 23.5 Å². The zero-order valence-corrected chi connectivity index (χ0v) is 14.2. The summed E-state index contributed by atoms with van der Waals surface area (Å²) < 4.78 is 78.6. The summed E-state index contributed by atoms with van der Waals surface area (Å²) in [6, 6.07) is 4.88. The van der Waals surface area contributed by atoms with Crippen molar-refractivity contribution in [1.82, 2.24) is 4.98 Å². The van der Waals surface area contributed by atoms with E-state index in [-0.39, 0.29) is 18.3 Å². The van der Waals surface area contributed by atoms with Gasteiger partial charge in [0.2, 0.25) is 0 Å². The highest BCUT2D eigenvalue weighted by atomic mass is 19.4. The van der Waals surface area contributed by atoms with Gasteiger partial charge in [0, 0.05) is 18.4 Å². The van der Waals surface area contributed by atoms with Gasteiger partial charge in [-0.25, -0.2) is 4.98 Å². The van der Waals surface area contributed by atoms with Crippen molar-refractivity contribution in [3.63, 3.8) is 0 Å². The van der Waals surface area contributed by atoms with Crippen molar-refractivity contribution in [2.75, 3.05) is 11.4 Å². The molecule has 0 spiro atoms. The van der Waals surface area contributed by atoms with Crippen LogP contribution in [0.1, 0.15) is 36.5 Å². The summed E-state index contributed by atoms with van der Waals surface area (Å²) in [6.07, 6.45) is -6.92. The number of rotatable bonds is 5. The molecule has 26 heavy (non-hydrogen) atoms. The Balaban J connectivity index is 2.60. The van der Waals surface area contributed by atoms with E-state index in [1.54, 1.807) is 19.1 Å². The van der Waals surface area contributed by atoms with Crippen molar-refractivity contribution in [2.24, 2.45) is 0 Å². The number of aryl methyl sites for hydroxylation is 1. The average Bonchev–Trinajstić information content (AvgIpc) is 2.55. The molecule has 1 heterocycles. The Morgan fingerprint density at radius 2 is 1.50 bits per heavy atom. The highest BCUT2D eigenvalue weighted by Gasteiger charge is 2.37. The monoisotopic (exact) mass is 376 g/mol. The van der Waals surface area contributed by atoms with E-state index in [2.05, 4.69) is 4.98 Å². The lowest BCUT2D eigenvalue weighted by Gasteiger charge is -2.26. The zero-order chi connectivity index (χ0) is 19.5. The number of hydrogen-bond donors (Lipinski definition) is 0. The fourth-order valence-corrected chi connectivity index (χ4v) is 2.41. The van der Waals surface area contributed by atoms with Crippen molar-refractivity contribution < 1.29 is 26.3 Å². The van der Waals surface area contributed by atoms with Crippen LogP contribution in [0.5, 0.6) is 0 Å². The van der Waals surface area contributed by atoms with Crippen LogP contribution in [0.25, 0.3) is 0 Å². The minimum atomic E-state index is -4.88. The SMILES string of the molecule is CCCCN(c1cc(C(F)(F)F)cc(C(F)(F)F)c1)c1ccc(C)cn1. The fourth-order valence-electron chi connectivity index (χ4n) is 2.41. The molecule has 2 rings (SSSR count). The van der Waals surface area contributed by atoms with Gasteiger partial charge >= 0.3 is 12.4 Å². The lowest BCUT2D eigenvalue weighted by molar-refractivity contribution is -0.143. The number of hydrogen-bond acceptors (Lipinski definition) is 2. The van der Waals surface area contributed by atoms with Crippen LogP contribution in [-0.2, 0) is 12.4 Å². The topological polar surface area (TPSA) is 16.1 Å². The maximum Gasteiger partial charge on any atom is 0.416 e. The van der Waals surface area contributed by atoms with E-state index >= 15 is 0 Å². The third kappa shape index (κ3) is 4.89. The Bertz CT molecular complexity index is 703. The molecule has 8 heteroatoms. The molecule has 0 fully saturated rings. The maximum atomic E-state index is 13.1. The summed E-state index contributed by atoms with van der Waals surface area (Å²) in [4.78, 5) is 5.54. The Labute approximate surface area is 147 Å². The van der Waals surface area contributed by atoms with Gasteiger partial charge in [-0.1, -0.05) is 19.4 Å². The van der Waals surface area contributed by atoms with E-state index in [1.807, 2.05) is 6.92 Å². The summed E-state index contributed by atoms with van der Waals surface area (Å²) >= 11 is 0. The number of alkyl halides is 6. The number of aromatic nitrogens is 1. The molecule has 0 aliphatic carbocycles. The molecule has 2 aromatic rings. The van der Waals surface area contributed by atoms with E-state index in [1.165, 1.54) is 11.1 Å². The number of nitrogens with zero attached hydrogens (tertiary/aromatic N) is 2. The molecule has 0 unspecified atom stereocenters. The molecular weight excluding hydrogens is 358 g/mol. The van der Waals surface area contributed by atoms with Crippen LogP contribution >= 0.6 is 0 Å². The highest BCUT2D eigenvalue weighted by molar-refractivity contribution is 5.62. The molecule has 0 bridgehead atoms. The summed E-state index contributed by atoms with van der Waals surface area (Å²) in [5.74, 6) is 0.302. The molecule has 0 aliphatic heterocycles. The van der Waals surface area contributed by atoms with Crippen molar-refractivity contribution in [3.05, 3.63) is 53.2 Å². The second kappa shape index (κ2) is 7.55. The van der Waals surface area contributed by atoms with Gasteiger partial charge in [-0.05, 0) is 43.2 Å². The first-order valence-electron chi connectivity index (χ1n) is 8.02. The van der Waals surface area contributed by atoms with Crippen LogP contribution in [0.15, 0.2) is 36.5 Å². The first kappa shape index (κ1) is 20.1. The van der Waals surface area contributed by atoms with E-state index in [0.717, 1.165) is 24.1 Å². The first-order valence-corrected chi connectivity index (χ1v) is 8.02. The summed E-state index contributed by atoms with van der Waals surface area (Å²) in [5.41, 5.74) is -2.02. The Hall–Kier alpha value is -2.25. The van der Waals surface area contributed by atoms with Gasteiger partial charge in [0.15, 0.2) is 0 Å². The molecule has 2 nitrogen and oxygen atoms in total. The van der Waals surface area contributed by atoms with Crippen LogP contribution in [-0.4, -0.2) is 11.5 Å². The van der Waals surface area contributed by atoms with Gasteiger partial charge in [-0.15, -0.1) is 0 Å². The molecule has 142 valence electrons. The van der Waals surface area contributed by atoms with Crippen molar-refractivity contribution >= 4 is 11.5 Å². The highest BCUT2D eigenvalue weighted by Crippen LogP contribution is 2.39. The van der Waals surface area contributed by atoms with Gasteiger partial charge in [-0.3, -0.25) is 0 Å². The minimum Gasteiger partial charge on any atom is -0.326 e. The van der Waals surface area contributed by atoms with E-state index in [4.69, 9.17) is 0 Å². The maximum absolute atomic E-state index is 13.1. The lowest BCUT2D eigenvalue weighted by Crippen LogP contribution is -2.21. The van der Waals surface area contributed by atoms with Crippen LogP contribution in [0.3, 0.4) is 0 Å². The molecule has 0 aliphatic rings. The molecule has 0 saturated carbocycles. The van der Waals surface area contributed by atoms with E-state index in [9.17, 15) is 26.3 Å². The quantitative estimate of drug-likeness (QED) is 0.564. The molecule has 1 aromatic heterocycles. The van der Waals surface area contributed by atoms with Crippen LogP contribution in [0.2, 0.25) is 0 Å². The number of anilines is 2. The Kier molecular flexibility index (Phi) is 5.83. The predicted octanol–water partition coefficient (Wildman–Crippen LogP) is 6.37. The normalized spacial score (nSPS) is 12.3. The van der Waals surface area contributed by atoms with Gasteiger partial charge in [0.25, 0.3) is 0 Å². The second-order valence-corrected chi connectivity index (χ2v) is 5.96. The number of unbranched alkanes of at least 4 members (excludes halogenated alkanes) is 1. The molecular formula is C18H18F6N2. The Morgan fingerprint density at radius 1 is 0.923 bits per heavy atom. The summed E-state index contributed by atoms with van der Waals surface area (Å²) in [7, 11) is 0. The van der Waals surface area contributed by atoms with Crippen molar-refractivity contribution in [1.29, 1.82) is 0 Å². The number of benzene rings is 1. The first-order chi connectivity index (χ1) is 12.0. The van der Waals surface area contributed by atoms with Crippen LogP contribution < -0.4 is 4.90 Å². The second-order valence-electron chi connectivity index (χ2n) is 5.96.